The molecule has 1 amide bonds. The smallest absolute Gasteiger partial charge is 0.251 e. The number of benzene rings is 1. The predicted octanol–water partition coefficient (Wildman–Crippen LogP) is 1.29. The molecule has 0 radical (unpaired) electrons. The number of ether oxygens (including phenoxy) is 1. The number of pyridine rings is 1. The molecule has 1 saturated heterocycles. The van der Waals surface area contributed by atoms with E-state index in [0.29, 0.717) is 38.4 Å². The van der Waals surface area contributed by atoms with Gasteiger partial charge in [-0.15, -0.1) is 0 Å². The molecule has 0 bridgehead atoms. The highest BCUT2D eigenvalue weighted by atomic mass is 32.2. The van der Waals surface area contributed by atoms with Crippen molar-refractivity contribution >= 4 is 21.4 Å². The summed E-state index contributed by atoms with van der Waals surface area (Å²) in [6, 6.07) is 11.7. The fourth-order valence-electron chi connectivity index (χ4n) is 3.12. The summed E-state index contributed by atoms with van der Waals surface area (Å²) in [6.45, 7) is 1.79. The molecule has 1 aromatic carbocycles. The van der Waals surface area contributed by atoms with Gasteiger partial charge in [0, 0.05) is 37.0 Å². The number of hydrogen-bond acceptors (Lipinski definition) is 5. The highest BCUT2D eigenvalue weighted by Crippen LogP contribution is 2.18. The number of aromatic nitrogens is 2. The van der Waals surface area contributed by atoms with Crippen molar-refractivity contribution in [1.82, 2.24) is 19.2 Å². The van der Waals surface area contributed by atoms with Gasteiger partial charge in [0.1, 0.15) is 0 Å². The molecule has 9 heteroatoms. The van der Waals surface area contributed by atoms with Crippen LogP contribution in [0.15, 0.2) is 59.8 Å². The van der Waals surface area contributed by atoms with Crippen molar-refractivity contribution in [2.75, 3.05) is 26.3 Å². The molecular formula is C19H20N4O4S. The van der Waals surface area contributed by atoms with Crippen LogP contribution in [0.25, 0.3) is 5.52 Å². The standard InChI is InChI=1S/C19H20N4O4S/c24-19(20-13-16-14-21-23-8-2-1-3-18(16)23)15-4-6-17(7-5-15)28(25,26)22-9-11-27-12-10-22/h1-8,14H,9-13H2,(H,20,24). The van der Waals surface area contributed by atoms with E-state index in [1.165, 1.54) is 28.6 Å². The number of nitrogens with one attached hydrogen (secondary N) is 1. The normalized spacial score (nSPS) is 15.6. The number of carbonyl (C=O) groups is 1. The van der Waals surface area contributed by atoms with Gasteiger partial charge in [-0.3, -0.25) is 4.79 Å². The first-order valence-electron chi connectivity index (χ1n) is 8.93. The molecule has 4 rings (SSSR count). The Bertz CT molecular complexity index is 1090. The van der Waals surface area contributed by atoms with Crippen LogP contribution in [-0.2, 0) is 21.3 Å². The summed E-state index contributed by atoms with van der Waals surface area (Å²) < 4.78 is 33.6. The maximum absolute atomic E-state index is 12.6. The van der Waals surface area contributed by atoms with Gasteiger partial charge < -0.3 is 10.1 Å². The van der Waals surface area contributed by atoms with Gasteiger partial charge in [0.25, 0.3) is 5.91 Å². The Kier molecular flexibility index (Phi) is 5.12. The molecule has 8 nitrogen and oxygen atoms in total. The van der Waals surface area contributed by atoms with Crippen LogP contribution in [0.4, 0.5) is 0 Å². The Hall–Kier alpha value is -2.75. The molecule has 1 aliphatic heterocycles. The lowest BCUT2D eigenvalue weighted by Crippen LogP contribution is -2.40. The molecule has 0 spiro atoms. The second-order valence-corrected chi connectivity index (χ2v) is 8.36. The number of amides is 1. The van der Waals surface area contributed by atoms with Crippen LogP contribution in [0.3, 0.4) is 0 Å². The van der Waals surface area contributed by atoms with Crippen LogP contribution >= 0.6 is 0 Å². The zero-order valence-electron chi connectivity index (χ0n) is 15.1. The second-order valence-electron chi connectivity index (χ2n) is 6.42. The molecule has 3 heterocycles. The van der Waals surface area contributed by atoms with E-state index in [1.54, 1.807) is 10.7 Å². The first-order valence-corrected chi connectivity index (χ1v) is 10.4. The van der Waals surface area contributed by atoms with Crippen molar-refractivity contribution in [3.63, 3.8) is 0 Å². The van der Waals surface area contributed by atoms with E-state index in [-0.39, 0.29) is 10.8 Å². The largest absolute Gasteiger partial charge is 0.379 e. The molecule has 28 heavy (non-hydrogen) atoms. The van der Waals surface area contributed by atoms with Gasteiger partial charge in [-0.1, -0.05) is 6.07 Å². The summed E-state index contributed by atoms with van der Waals surface area (Å²) in [5.41, 5.74) is 2.23. The Morgan fingerprint density at radius 2 is 1.86 bits per heavy atom. The number of nitrogens with zero attached hydrogens (tertiary/aromatic N) is 3. The van der Waals surface area contributed by atoms with Gasteiger partial charge in [-0.2, -0.15) is 9.40 Å². The average molecular weight is 400 g/mol. The lowest BCUT2D eigenvalue weighted by molar-refractivity contribution is 0.0730. The SMILES string of the molecule is O=C(NCc1cnn2ccccc12)c1ccc(S(=O)(=O)N2CCOCC2)cc1. The first-order chi connectivity index (χ1) is 13.6. The van der Waals surface area contributed by atoms with E-state index in [9.17, 15) is 13.2 Å². The van der Waals surface area contributed by atoms with E-state index < -0.39 is 10.0 Å². The van der Waals surface area contributed by atoms with Crippen LogP contribution in [0.2, 0.25) is 0 Å². The van der Waals surface area contributed by atoms with Crippen LogP contribution in [0.1, 0.15) is 15.9 Å². The van der Waals surface area contributed by atoms with Gasteiger partial charge in [-0.05, 0) is 36.4 Å². The minimum atomic E-state index is -3.57. The maximum Gasteiger partial charge on any atom is 0.251 e. The summed E-state index contributed by atoms with van der Waals surface area (Å²) in [6.07, 6.45) is 3.56. The number of fused-ring (bicyclic) bond motifs is 1. The van der Waals surface area contributed by atoms with Crippen LogP contribution < -0.4 is 5.32 Å². The van der Waals surface area contributed by atoms with Crippen LogP contribution in [0, 0.1) is 0 Å². The van der Waals surface area contributed by atoms with E-state index in [0.717, 1.165) is 11.1 Å². The third-order valence-electron chi connectivity index (χ3n) is 4.67. The number of sulfonamides is 1. The van der Waals surface area contributed by atoms with Crippen molar-refractivity contribution < 1.29 is 17.9 Å². The number of rotatable bonds is 5. The summed E-state index contributed by atoms with van der Waals surface area (Å²) in [5, 5.41) is 7.08. The van der Waals surface area contributed by atoms with Gasteiger partial charge >= 0.3 is 0 Å². The first kappa shape index (κ1) is 18.6. The van der Waals surface area contributed by atoms with E-state index in [2.05, 4.69) is 10.4 Å². The van der Waals surface area contributed by atoms with Crippen molar-refractivity contribution in [3.05, 3.63) is 66.0 Å². The maximum atomic E-state index is 12.6. The Morgan fingerprint density at radius 3 is 2.61 bits per heavy atom. The average Bonchev–Trinajstić information content (AvgIpc) is 3.16. The molecule has 0 saturated carbocycles. The van der Waals surface area contributed by atoms with Crippen molar-refractivity contribution in [2.24, 2.45) is 0 Å². The van der Waals surface area contributed by atoms with E-state index in [4.69, 9.17) is 4.74 Å². The molecule has 146 valence electrons. The van der Waals surface area contributed by atoms with Crippen LogP contribution in [0.5, 0.6) is 0 Å². The predicted molar refractivity (Wildman–Crippen MR) is 102 cm³/mol. The number of carbonyl (C=O) groups excluding carboxylic acids is 1. The molecule has 0 unspecified atom stereocenters. The van der Waals surface area contributed by atoms with E-state index in [1.807, 2.05) is 24.4 Å². The van der Waals surface area contributed by atoms with Crippen molar-refractivity contribution in [1.29, 1.82) is 0 Å². The minimum absolute atomic E-state index is 0.175. The van der Waals surface area contributed by atoms with Gasteiger partial charge in [0.2, 0.25) is 10.0 Å². The third kappa shape index (κ3) is 3.64. The molecule has 0 aliphatic carbocycles. The highest BCUT2D eigenvalue weighted by Gasteiger charge is 2.26. The molecule has 3 aromatic rings. The van der Waals surface area contributed by atoms with Crippen molar-refractivity contribution in [3.8, 4) is 0 Å². The Morgan fingerprint density at radius 1 is 1.11 bits per heavy atom. The molecule has 1 N–H and O–H groups in total. The summed E-state index contributed by atoms with van der Waals surface area (Å²) in [4.78, 5) is 12.6. The van der Waals surface area contributed by atoms with Crippen molar-refractivity contribution in [2.45, 2.75) is 11.4 Å². The van der Waals surface area contributed by atoms with Gasteiger partial charge in [0.05, 0.1) is 29.8 Å². The van der Waals surface area contributed by atoms with Gasteiger partial charge in [0.15, 0.2) is 0 Å². The summed E-state index contributed by atoms with van der Waals surface area (Å²) in [7, 11) is -3.57. The lowest BCUT2D eigenvalue weighted by atomic mass is 10.2. The quantitative estimate of drug-likeness (QED) is 0.697. The molecule has 2 aromatic heterocycles. The van der Waals surface area contributed by atoms with Crippen LogP contribution in [-0.4, -0.2) is 54.5 Å². The molecular weight excluding hydrogens is 380 g/mol. The summed E-state index contributed by atoms with van der Waals surface area (Å²) in [5.74, 6) is -0.273. The number of morpholine rings is 1. The Labute approximate surface area is 162 Å². The zero-order valence-corrected chi connectivity index (χ0v) is 15.9. The Balaban J connectivity index is 1.44. The molecule has 0 atom stereocenters. The molecule has 1 fully saturated rings. The van der Waals surface area contributed by atoms with Gasteiger partial charge in [-0.25, -0.2) is 12.9 Å². The highest BCUT2D eigenvalue weighted by molar-refractivity contribution is 7.89. The zero-order chi connectivity index (χ0) is 19.6. The molecule has 1 aliphatic rings. The fourth-order valence-corrected chi connectivity index (χ4v) is 4.52. The topological polar surface area (TPSA) is 93.0 Å². The number of hydrogen-bond donors (Lipinski definition) is 1. The minimum Gasteiger partial charge on any atom is -0.379 e. The monoisotopic (exact) mass is 400 g/mol. The van der Waals surface area contributed by atoms with E-state index >= 15 is 0 Å². The second kappa shape index (κ2) is 7.70. The fraction of sp³-hybridized carbons (Fsp3) is 0.263. The third-order valence-corrected chi connectivity index (χ3v) is 6.58. The summed E-state index contributed by atoms with van der Waals surface area (Å²) >= 11 is 0. The lowest BCUT2D eigenvalue weighted by Gasteiger charge is -2.26.